The molecule has 10 heteroatoms. The molecule has 0 atom stereocenters. The molecule has 0 rings (SSSR count). The first-order chi connectivity index (χ1) is 3.46. The molecule has 0 aromatic carbocycles. The molecule has 0 fully saturated rings. The molecule has 0 aliphatic carbocycles. The average molecular weight is 138 g/mol. The van der Waals surface area contributed by atoms with Gasteiger partial charge in [0, 0.05) is 0 Å². The van der Waals surface area contributed by atoms with Crippen LogP contribution >= 0.6 is 0 Å². The van der Waals surface area contributed by atoms with Gasteiger partial charge in [-0.1, -0.05) is 0 Å². The van der Waals surface area contributed by atoms with E-state index < -0.39 is 10.2 Å². The van der Waals surface area contributed by atoms with Crippen LogP contribution in [0.2, 0.25) is 0 Å². The molecule has 0 radical (unpaired) electrons. The Kier molecular flexibility index (Phi) is 35.9. The molecule has 0 heterocycles. The summed E-state index contributed by atoms with van der Waals surface area (Å²) >= 11 is 0. The molecule has 0 saturated carbocycles. The maximum absolute atomic E-state index is 8.25. The largest absolute Gasteiger partial charge is 1.00 e. The van der Waals surface area contributed by atoms with Crippen LogP contribution in [0.25, 0.3) is 0 Å². The van der Waals surface area contributed by atoms with Gasteiger partial charge in [-0.05, 0) is 0 Å². The van der Waals surface area contributed by atoms with Crippen LogP contribution in [0.15, 0.2) is 0 Å². The predicted octanol–water partition coefficient (Wildman–Crippen LogP) is -6.47. The zero-order chi connectivity index (χ0) is 7.15. The second-order valence-corrected chi connectivity index (χ2v) is 0.447. The zero-order valence-electron chi connectivity index (χ0n) is 5.34. The molecule has 0 unspecified atom stereocenters. The smallest absolute Gasteiger partial charge is 0.356 e. The summed E-state index contributed by atoms with van der Waals surface area (Å²) in [5, 5.41) is 29.5. The van der Waals surface area contributed by atoms with E-state index in [1.54, 1.807) is 0 Å². The van der Waals surface area contributed by atoms with Gasteiger partial charge in [-0.25, -0.2) is 0 Å². The molecule has 0 saturated heterocycles. The van der Waals surface area contributed by atoms with Crippen molar-refractivity contribution in [3.8, 4) is 0 Å². The van der Waals surface area contributed by atoms with Crippen LogP contribution in [-0.2, 0) is 0 Å². The zero-order valence-corrected chi connectivity index (χ0v) is 5.34. The minimum Gasteiger partial charge on any atom is -0.356 e. The van der Waals surface area contributed by atoms with Gasteiger partial charge in [0.1, 0.15) is 0 Å². The molecule has 10 heavy (non-hydrogen) atoms. The van der Waals surface area contributed by atoms with Crippen molar-refractivity contribution in [1.29, 1.82) is 0 Å². The van der Waals surface area contributed by atoms with Crippen LogP contribution in [0.4, 0.5) is 0 Å². The van der Waals surface area contributed by atoms with Crippen LogP contribution in [-0.4, -0.2) is 10.2 Å². The van der Waals surface area contributed by atoms with Gasteiger partial charge in [0.2, 0.25) is 0 Å². The third kappa shape index (κ3) is 2010. The fourth-order valence-corrected chi connectivity index (χ4v) is 0. The Bertz CT molecular complexity index is 71.7. The summed E-state index contributed by atoms with van der Waals surface area (Å²) < 4.78 is 0. The maximum atomic E-state index is 8.25. The minimum absolute atomic E-state index is 0. The van der Waals surface area contributed by atoms with Gasteiger partial charge in [-0.2, -0.15) is 0 Å². The number of hydrogen-bond acceptors (Lipinski definition) is 6. The molecule has 0 N–H and O–H groups in total. The Hall–Kier alpha value is -0.405. The summed E-state index contributed by atoms with van der Waals surface area (Å²) in [7, 11) is 0. The van der Waals surface area contributed by atoms with E-state index in [4.69, 9.17) is 30.6 Å². The minimum atomic E-state index is -1.75. The van der Waals surface area contributed by atoms with Crippen LogP contribution in [0, 0.1) is 30.6 Å². The molecule has 0 amide bonds. The van der Waals surface area contributed by atoms with Crippen molar-refractivity contribution in [2.24, 2.45) is 0 Å². The first-order valence-corrected chi connectivity index (χ1v) is 1.10. The van der Waals surface area contributed by atoms with E-state index >= 15 is 0 Å². The van der Waals surface area contributed by atoms with E-state index in [1.165, 1.54) is 0 Å². The van der Waals surface area contributed by atoms with E-state index in [0.29, 0.717) is 0 Å². The van der Waals surface area contributed by atoms with Gasteiger partial charge in [0.25, 0.3) is 0 Å². The fraction of sp³-hybridized carbons (Fsp3) is 0. The van der Waals surface area contributed by atoms with Gasteiger partial charge in [-0.3, -0.25) is 0 Å². The van der Waals surface area contributed by atoms with Crippen molar-refractivity contribution in [3.05, 3.63) is 30.6 Å². The molecule has 0 aromatic rings. The Morgan fingerprint density at radius 1 is 0.700 bits per heavy atom. The number of rotatable bonds is 0. The van der Waals surface area contributed by atoms with Gasteiger partial charge in [0.15, 0.2) is 0 Å². The van der Waals surface area contributed by atoms with Gasteiger partial charge in [0.05, 0.1) is 10.2 Å². The van der Waals surface area contributed by atoms with Crippen molar-refractivity contribution >= 4 is 0 Å². The van der Waals surface area contributed by atoms with E-state index in [0.717, 1.165) is 0 Å². The van der Waals surface area contributed by atoms with Crippen molar-refractivity contribution in [3.63, 3.8) is 0 Å². The second kappa shape index (κ2) is 15.8. The summed E-state index contributed by atoms with van der Waals surface area (Å²) in [5.74, 6) is 0. The summed E-state index contributed by atoms with van der Waals surface area (Å²) in [6.45, 7) is 0. The summed E-state index contributed by atoms with van der Waals surface area (Å²) in [4.78, 5) is 16.5. The van der Waals surface area contributed by atoms with Crippen LogP contribution in [0.1, 0.15) is 0 Å². The standard InChI is InChI=1S/2Li.2NO3/c;;2*2-1(3)4/q2*+1;2*-1. The Labute approximate surface area is 78.8 Å². The third-order valence-corrected chi connectivity index (χ3v) is 0. The quantitative estimate of drug-likeness (QED) is 0.185. The van der Waals surface area contributed by atoms with Crippen LogP contribution in [0.3, 0.4) is 0 Å². The van der Waals surface area contributed by atoms with Gasteiger partial charge in [-0.15, -0.1) is 0 Å². The van der Waals surface area contributed by atoms with Gasteiger partial charge < -0.3 is 30.6 Å². The molecule has 0 spiro atoms. The fourth-order valence-electron chi connectivity index (χ4n) is 0. The predicted molar refractivity (Wildman–Crippen MR) is 20.7 cm³/mol. The summed E-state index contributed by atoms with van der Waals surface area (Å²) in [5.41, 5.74) is 0. The van der Waals surface area contributed by atoms with E-state index in [1.807, 2.05) is 0 Å². The summed E-state index contributed by atoms with van der Waals surface area (Å²) in [6.07, 6.45) is 0. The molecular weight excluding hydrogens is 138 g/mol. The molecule has 0 bridgehead atoms. The third-order valence-electron chi connectivity index (χ3n) is 0. The van der Waals surface area contributed by atoms with Crippen molar-refractivity contribution < 1.29 is 47.9 Å². The van der Waals surface area contributed by atoms with Gasteiger partial charge >= 0.3 is 37.7 Å². The first-order valence-electron chi connectivity index (χ1n) is 1.10. The van der Waals surface area contributed by atoms with Crippen molar-refractivity contribution in [1.82, 2.24) is 0 Å². The monoisotopic (exact) mass is 138 g/mol. The average Bonchev–Trinajstić information content (AvgIpc) is 1.25. The number of hydrogen-bond donors (Lipinski definition) is 0. The molecule has 0 aliphatic heterocycles. The molecule has 8 nitrogen and oxygen atoms in total. The van der Waals surface area contributed by atoms with Crippen molar-refractivity contribution in [2.75, 3.05) is 0 Å². The molecular formula is Li2N2O6. The molecule has 48 valence electrons. The molecule has 0 aliphatic rings. The van der Waals surface area contributed by atoms with Crippen LogP contribution in [0.5, 0.6) is 0 Å². The van der Waals surface area contributed by atoms with Crippen molar-refractivity contribution in [2.45, 2.75) is 0 Å². The normalized spacial score (nSPS) is 4.80. The molecule has 0 aromatic heterocycles. The Balaban J connectivity index is -0.0000000300. The van der Waals surface area contributed by atoms with E-state index in [-0.39, 0.29) is 37.7 Å². The van der Waals surface area contributed by atoms with E-state index in [9.17, 15) is 0 Å². The van der Waals surface area contributed by atoms with Crippen LogP contribution < -0.4 is 37.7 Å². The number of nitrogens with zero attached hydrogens (tertiary/aromatic N) is 2. The van der Waals surface area contributed by atoms with E-state index in [2.05, 4.69) is 0 Å². The maximum Gasteiger partial charge on any atom is 1.00 e. The second-order valence-electron chi connectivity index (χ2n) is 0.447. The summed E-state index contributed by atoms with van der Waals surface area (Å²) in [6, 6.07) is 0. The topological polar surface area (TPSA) is 132 Å². The Morgan fingerprint density at radius 3 is 0.700 bits per heavy atom. The first kappa shape index (κ1) is 22.6. The Morgan fingerprint density at radius 2 is 0.700 bits per heavy atom. The SMILES string of the molecule is O=[N+]([O-])[O-].O=[N+]([O-])[O-].[Li+].[Li+].